The average Bonchev–Trinajstić information content (AvgIpc) is 3.56. The predicted molar refractivity (Wildman–Crippen MR) is 148 cm³/mol. The number of halogens is 4. The maximum Gasteiger partial charge on any atom is 0.420 e. The second-order valence-electron chi connectivity index (χ2n) is 9.57. The molecule has 5 rings (SSSR count). The van der Waals surface area contributed by atoms with E-state index < -0.39 is 23.8 Å². The summed E-state index contributed by atoms with van der Waals surface area (Å²) in [4.78, 5) is 27.4. The van der Waals surface area contributed by atoms with E-state index in [-0.39, 0.29) is 17.9 Å². The van der Waals surface area contributed by atoms with Gasteiger partial charge in [0.2, 0.25) is 12.3 Å². The highest BCUT2D eigenvalue weighted by atomic mass is 19.4. The molecule has 1 aliphatic heterocycles. The second kappa shape index (κ2) is 12.7. The fourth-order valence-corrected chi connectivity index (χ4v) is 4.18. The van der Waals surface area contributed by atoms with E-state index in [0.717, 1.165) is 11.6 Å². The number of nitrogens with zero attached hydrogens (tertiary/aromatic N) is 2. The first-order chi connectivity index (χ1) is 19.5. The normalized spacial score (nSPS) is 15.1. The lowest BCUT2D eigenvalue weighted by atomic mass is 9.99. The van der Waals surface area contributed by atoms with Crippen LogP contribution in [0.2, 0.25) is 0 Å². The Labute approximate surface area is 233 Å². The molecule has 0 saturated carbocycles. The smallest absolute Gasteiger partial charge is 0.420 e. The molecule has 0 bridgehead atoms. The topological polar surface area (TPSA) is 101 Å². The van der Waals surface area contributed by atoms with E-state index in [1.54, 1.807) is 36.4 Å². The van der Waals surface area contributed by atoms with Crippen molar-refractivity contribution in [3.05, 3.63) is 89.3 Å². The minimum absolute atomic E-state index is 0.0605. The molecule has 1 unspecified atom stereocenters. The Balaban J connectivity index is 0.000000417. The molecule has 214 valence electrons. The number of alkyl halides is 4. The van der Waals surface area contributed by atoms with Gasteiger partial charge >= 0.3 is 6.18 Å². The molecule has 7 nitrogen and oxygen atoms in total. The van der Waals surface area contributed by atoms with E-state index in [1.807, 2.05) is 19.1 Å². The molecule has 11 heteroatoms. The fraction of sp³-hybridized carbons (Fsp3) is 0.233. The lowest BCUT2D eigenvalue weighted by molar-refractivity contribution is -0.136. The number of aromatic nitrogens is 1. The van der Waals surface area contributed by atoms with Gasteiger partial charge in [0.05, 0.1) is 18.7 Å². The van der Waals surface area contributed by atoms with Gasteiger partial charge in [-0.2, -0.15) is 13.2 Å². The number of pyridine rings is 1. The Kier molecular flexibility index (Phi) is 9.06. The van der Waals surface area contributed by atoms with Gasteiger partial charge < -0.3 is 20.4 Å². The van der Waals surface area contributed by atoms with E-state index in [4.69, 9.17) is 10.2 Å². The summed E-state index contributed by atoms with van der Waals surface area (Å²) in [5.41, 5.74) is 7.21. The number of amides is 2. The number of benzene rings is 2. The number of anilines is 1. The molecule has 0 aliphatic carbocycles. The Morgan fingerprint density at radius 2 is 1.90 bits per heavy atom. The van der Waals surface area contributed by atoms with Crippen molar-refractivity contribution in [1.82, 2.24) is 15.2 Å². The molecular formula is C30H28F4N4O3. The van der Waals surface area contributed by atoms with Crippen LogP contribution in [0.3, 0.4) is 0 Å². The lowest BCUT2D eigenvalue weighted by Crippen LogP contribution is -2.19. The fourth-order valence-electron chi connectivity index (χ4n) is 4.18. The van der Waals surface area contributed by atoms with Gasteiger partial charge in [0.15, 0.2) is 0 Å². The third-order valence-corrected chi connectivity index (χ3v) is 6.34. The number of nitrogens with one attached hydrogen (secondary N) is 1. The molecule has 2 aromatic carbocycles. The van der Waals surface area contributed by atoms with Crippen molar-refractivity contribution in [3.8, 4) is 11.1 Å². The van der Waals surface area contributed by atoms with Gasteiger partial charge in [-0.1, -0.05) is 29.8 Å². The number of rotatable bonds is 6. The Hall–Kier alpha value is -4.67. The van der Waals surface area contributed by atoms with Crippen molar-refractivity contribution in [3.63, 3.8) is 0 Å². The molecule has 41 heavy (non-hydrogen) atoms. The molecule has 1 fully saturated rings. The molecular weight excluding hydrogens is 540 g/mol. The van der Waals surface area contributed by atoms with Crippen molar-refractivity contribution >= 4 is 35.2 Å². The van der Waals surface area contributed by atoms with E-state index in [1.165, 1.54) is 23.2 Å². The number of nitrogen functional groups attached to an aromatic ring is 1. The summed E-state index contributed by atoms with van der Waals surface area (Å²) in [6.07, 6.45) is 0.205. The minimum Gasteiger partial charge on any atom is -0.459 e. The first-order valence-corrected chi connectivity index (χ1v) is 12.7. The van der Waals surface area contributed by atoms with Crippen LogP contribution in [0.1, 0.15) is 28.9 Å². The van der Waals surface area contributed by atoms with Gasteiger partial charge in [-0.3, -0.25) is 9.59 Å². The number of carbonyl (C=O) groups excluding carboxylic acids is 2. The van der Waals surface area contributed by atoms with E-state index in [0.29, 0.717) is 53.8 Å². The highest BCUT2D eigenvalue weighted by molar-refractivity contribution is 5.92. The number of hydrogen-bond acceptors (Lipinski definition) is 5. The maximum absolute atomic E-state index is 13.7. The third kappa shape index (κ3) is 7.93. The van der Waals surface area contributed by atoms with E-state index in [9.17, 15) is 27.2 Å². The third-order valence-electron chi connectivity index (χ3n) is 6.34. The summed E-state index contributed by atoms with van der Waals surface area (Å²) in [7, 11) is 0. The number of furan rings is 1. The number of nitrogens with two attached hydrogens (primary N) is 1. The van der Waals surface area contributed by atoms with Gasteiger partial charge in [0.1, 0.15) is 23.3 Å². The summed E-state index contributed by atoms with van der Waals surface area (Å²) < 4.78 is 58.8. The molecule has 3 heterocycles. The van der Waals surface area contributed by atoms with Crippen LogP contribution in [0.4, 0.5) is 23.4 Å². The van der Waals surface area contributed by atoms with E-state index >= 15 is 0 Å². The first kappa shape index (κ1) is 29.3. The zero-order chi connectivity index (χ0) is 29.6. The van der Waals surface area contributed by atoms with Crippen molar-refractivity contribution in [1.29, 1.82) is 0 Å². The average molecular weight is 569 g/mol. The van der Waals surface area contributed by atoms with Crippen LogP contribution in [0.5, 0.6) is 0 Å². The largest absolute Gasteiger partial charge is 0.459 e. The van der Waals surface area contributed by atoms with Crippen LogP contribution in [-0.4, -0.2) is 41.5 Å². The van der Waals surface area contributed by atoms with Crippen molar-refractivity contribution in [2.24, 2.45) is 0 Å². The van der Waals surface area contributed by atoms with Gasteiger partial charge in [-0.15, -0.1) is 0 Å². The summed E-state index contributed by atoms with van der Waals surface area (Å²) in [5.74, 6) is 0.154. The second-order valence-corrected chi connectivity index (χ2v) is 9.57. The lowest BCUT2D eigenvalue weighted by Gasteiger charge is -2.10. The van der Waals surface area contributed by atoms with Crippen molar-refractivity contribution in [2.45, 2.75) is 32.2 Å². The van der Waals surface area contributed by atoms with E-state index in [2.05, 4.69) is 10.3 Å². The van der Waals surface area contributed by atoms with Gasteiger partial charge in [-0.05, 0) is 66.4 Å². The summed E-state index contributed by atoms with van der Waals surface area (Å²) in [6.45, 7) is 2.73. The predicted octanol–water partition coefficient (Wildman–Crippen LogP) is 5.92. The number of likely N-dealkylation sites (tertiary alicyclic amines) is 1. The van der Waals surface area contributed by atoms with Crippen LogP contribution in [-0.2, 0) is 22.3 Å². The molecule has 0 spiro atoms. The van der Waals surface area contributed by atoms with Gasteiger partial charge in [-0.25, -0.2) is 9.37 Å². The first-order valence-electron chi connectivity index (χ1n) is 12.7. The Bertz CT molecular complexity index is 1530. The van der Waals surface area contributed by atoms with Crippen LogP contribution in [0.25, 0.3) is 28.2 Å². The summed E-state index contributed by atoms with van der Waals surface area (Å²) in [6, 6.07) is 14.8. The molecule has 0 radical (unpaired) electrons. The zero-order valence-corrected chi connectivity index (χ0v) is 22.1. The van der Waals surface area contributed by atoms with Crippen molar-refractivity contribution < 1.29 is 31.6 Å². The summed E-state index contributed by atoms with van der Waals surface area (Å²) >= 11 is 0. The van der Waals surface area contributed by atoms with Crippen LogP contribution >= 0.6 is 0 Å². The molecule has 1 saturated heterocycles. The number of fused-ring (bicyclic) bond motifs is 1. The highest BCUT2D eigenvalue weighted by Crippen LogP contribution is 2.39. The number of hydrogen-bond donors (Lipinski definition) is 2. The molecule has 1 aliphatic rings. The Morgan fingerprint density at radius 3 is 2.49 bits per heavy atom. The van der Waals surface area contributed by atoms with Crippen LogP contribution in [0, 0.1) is 6.92 Å². The quantitative estimate of drug-likeness (QED) is 0.171. The molecule has 1 atom stereocenters. The maximum atomic E-state index is 13.7. The standard InChI is InChI=1S/C25H20F3N3O2.C5H8FNO/c1-15-2-6-17(7-3-15)18-10-19-11-20(33-24(19)21(12-18)25(26,27)28)14-31-23(32)9-5-16-4-8-22(29)30-13-16;6-5-1-2-7(3-5)4-8/h2-13H,14H2,1H3,(H2,29,30)(H,31,32);4-5H,1-3H2/b9-5+;. The minimum atomic E-state index is -4.59. The van der Waals surface area contributed by atoms with Crippen LogP contribution in [0.15, 0.2) is 71.3 Å². The van der Waals surface area contributed by atoms with Gasteiger partial charge in [0, 0.05) is 24.2 Å². The molecule has 3 N–H and O–H groups in total. The molecule has 2 aromatic heterocycles. The number of aryl methyl sites for hydroxylation is 1. The number of carbonyl (C=O) groups is 2. The Morgan fingerprint density at radius 1 is 1.15 bits per heavy atom. The highest BCUT2D eigenvalue weighted by Gasteiger charge is 2.35. The molecule has 4 aromatic rings. The zero-order valence-electron chi connectivity index (χ0n) is 22.1. The van der Waals surface area contributed by atoms with Gasteiger partial charge in [0.25, 0.3) is 0 Å². The van der Waals surface area contributed by atoms with Crippen molar-refractivity contribution in [2.75, 3.05) is 18.8 Å². The SMILES string of the molecule is Cc1ccc(-c2cc(C(F)(F)F)c3oc(CNC(=O)/C=C/c4ccc(N)nc4)cc3c2)cc1.O=CN1CCC(F)C1. The molecule has 2 amide bonds. The van der Waals surface area contributed by atoms with Crippen LogP contribution < -0.4 is 11.1 Å². The monoisotopic (exact) mass is 568 g/mol. The summed E-state index contributed by atoms with van der Waals surface area (Å²) in [5, 5.41) is 2.92.